The van der Waals surface area contributed by atoms with E-state index < -0.39 is 15.6 Å². The number of fused-ring (bicyclic) bond motifs is 1. The first kappa shape index (κ1) is 24.2. The number of pyridine rings is 1. The number of imidazole rings is 1. The van der Waals surface area contributed by atoms with E-state index in [1.165, 1.54) is 19.4 Å². The van der Waals surface area contributed by atoms with Gasteiger partial charge in [0.15, 0.2) is 0 Å². The fourth-order valence-corrected chi connectivity index (χ4v) is 5.43. The summed E-state index contributed by atoms with van der Waals surface area (Å²) in [6, 6.07) is 16.4. The van der Waals surface area contributed by atoms with Crippen molar-refractivity contribution in [1.29, 1.82) is 0 Å². The summed E-state index contributed by atoms with van der Waals surface area (Å²) >= 11 is 0. The van der Waals surface area contributed by atoms with Crippen LogP contribution in [-0.2, 0) is 19.7 Å². The van der Waals surface area contributed by atoms with E-state index in [9.17, 15) is 13.2 Å². The van der Waals surface area contributed by atoms with Crippen molar-refractivity contribution in [3.63, 3.8) is 0 Å². The van der Waals surface area contributed by atoms with Crippen LogP contribution in [0.4, 0.5) is 5.95 Å². The molecular weight excluding hydrogens is 470 g/mol. The Morgan fingerprint density at radius 1 is 1.06 bits per heavy atom. The van der Waals surface area contributed by atoms with Gasteiger partial charge < -0.3 is 15.3 Å². The van der Waals surface area contributed by atoms with E-state index in [0.29, 0.717) is 27.1 Å². The second kappa shape index (κ2) is 9.01. The van der Waals surface area contributed by atoms with Gasteiger partial charge in [-0.15, -0.1) is 0 Å². The van der Waals surface area contributed by atoms with Gasteiger partial charge in [0.1, 0.15) is 4.90 Å². The van der Waals surface area contributed by atoms with Crippen molar-refractivity contribution >= 4 is 33.5 Å². The fourth-order valence-electron chi connectivity index (χ4n) is 3.75. The zero-order valence-electron chi connectivity index (χ0n) is 19.7. The van der Waals surface area contributed by atoms with Crippen molar-refractivity contribution in [2.75, 3.05) is 12.8 Å². The van der Waals surface area contributed by atoms with Gasteiger partial charge in [0.05, 0.1) is 23.7 Å². The van der Waals surface area contributed by atoms with Gasteiger partial charge in [-0.3, -0.25) is 9.36 Å². The molecule has 0 aliphatic carbocycles. The molecule has 0 fully saturated rings. The standard InChI is InChI=1S/C24H25N5O5S/c1-24(2,3)29(34-15-30)35(31,32)21-13-17(14-26-22(21)33-4)16-10-11-19-20(12-16)28(23(25)27-19)18-8-6-5-7-9-18/h5-15H,1-4H3,(H2,25,27). The maximum absolute atomic E-state index is 13.5. The topological polar surface area (TPSA) is 130 Å². The molecule has 0 unspecified atom stereocenters. The normalized spacial score (nSPS) is 12.1. The monoisotopic (exact) mass is 495 g/mol. The minimum Gasteiger partial charge on any atom is -0.480 e. The molecule has 0 spiro atoms. The first-order chi connectivity index (χ1) is 16.6. The summed E-state index contributed by atoms with van der Waals surface area (Å²) in [4.78, 5) is 24.3. The SMILES string of the molecule is COc1ncc(-c2ccc3nc(N)n(-c4ccccc4)c3c2)cc1S(=O)(=O)N(OC=O)C(C)(C)C. The molecule has 4 rings (SSSR count). The number of para-hydroxylation sites is 1. The van der Waals surface area contributed by atoms with Crippen molar-refractivity contribution in [3.05, 3.63) is 60.8 Å². The summed E-state index contributed by atoms with van der Waals surface area (Å²) in [6.07, 6.45) is 1.51. The van der Waals surface area contributed by atoms with Gasteiger partial charge in [-0.05, 0) is 61.1 Å². The minimum absolute atomic E-state index is 0.0651. The molecule has 0 amide bonds. The molecule has 0 bridgehead atoms. The second-order valence-electron chi connectivity index (χ2n) is 8.68. The Morgan fingerprint density at radius 3 is 2.40 bits per heavy atom. The van der Waals surface area contributed by atoms with Gasteiger partial charge in [0, 0.05) is 17.4 Å². The van der Waals surface area contributed by atoms with Gasteiger partial charge in [-0.1, -0.05) is 24.3 Å². The van der Waals surface area contributed by atoms with Crippen LogP contribution in [0.5, 0.6) is 5.88 Å². The first-order valence-electron chi connectivity index (χ1n) is 10.6. The molecule has 11 heteroatoms. The lowest BCUT2D eigenvalue weighted by Gasteiger charge is -2.31. The number of benzene rings is 2. The van der Waals surface area contributed by atoms with Crippen molar-refractivity contribution < 1.29 is 22.8 Å². The third-order valence-electron chi connectivity index (χ3n) is 5.22. The highest BCUT2D eigenvalue weighted by atomic mass is 32.2. The van der Waals surface area contributed by atoms with Crippen LogP contribution in [0.1, 0.15) is 20.8 Å². The minimum atomic E-state index is -4.33. The van der Waals surface area contributed by atoms with Crippen LogP contribution in [0.15, 0.2) is 65.7 Å². The number of ether oxygens (including phenoxy) is 1. The van der Waals surface area contributed by atoms with Gasteiger partial charge >= 0.3 is 6.47 Å². The Kier molecular flexibility index (Phi) is 6.22. The summed E-state index contributed by atoms with van der Waals surface area (Å²) in [6.45, 7) is 4.86. The van der Waals surface area contributed by atoms with E-state index in [4.69, 9.17) is 15.3 Å². The smallest absolute Gasteiger partial charge is 0.314 e. The number of hydrogen-bond acceptors (Lipinski definition) is 8. The summed E-state index contributed by atoms with van der Waals surface area (Å²) in [7, 11) is -3.01. The molecule has 35 heavy (non-hydrogen) atoms. The predicted octanol–water partition coefficient (Wildman–Crippen LogP) is 3.56. The number of methoxy groups -OCH3 is 1. The molecule has 0 atom stereocenters. The average Bonchev–Trinajstić information content (AvgIpc) is 3.16. The number of hydrogen-bond donors (Lipinski definition) is 1. The Balaban J connectivity index is 1.88. The van der Waals surface area contributed by atoms with Crippen LogP contribution in [0, 0.1) is 0 Å². The van der Waals surface area contributed by atoms with Crippen molar-refractivity contribution in [1.82, 2.24) is 19.0 Å². The lowest BCUT2D eigenvalue weighted by atomic mass is 10.1. The van der Waals surface area contributed by atoms with Crippen LogP contribution >= 0.6 is 0 Å². The number of anilines is 1. The number of carbonyl (C=O) groups excluding carboxylic acids is 1. The number of carbonyl (C=O) groups is 1. The van der Waals surface area contributed by atoms with E-state index in [1.54, 1.807) is 32.9 Å². The molecule has 0 radical (unpaired) electrons. The third-order valence-corrected chi connectivity index (χ3v) is 7.14. The number of nitrogens with zero attached hydrogens (tertiary/aromatic N) is 4. The van der Waals surface area contributed by atoms with E-state index in [0.717, 1.165) is 11.2 Å². The highest BCUT2D eigenvalue weighted by Gasteiger charge is 2.39. The Hall–Kier alpha value is -3.96. The molecule has 0 saturated carbocycles. The van der Waals surface area contributed by atoms with Gasteiger partial charge in [0.25, 0.3) is 10.0 Å². The van der Waals surface area contributed by atoms with Gasteiger partial charge in [0.2, 0.25) is 11.8 Å². The molecule has 4 aromatic rings. The van der Waals surface area contributed by atoms with E-state index >= 15 is 0 Å². The molecule has 2 aromatic carbocycles. The quantitative estimate of drug-likeness (QED) is 0.304. The number of rotatable bonds is 7. The zero-order chi connectivity index (χ0) is 25.4. The molecular formula is C24H25N5O5S. The van der Waals surface area contributed by atoms with Crippen LogP contribution < -0.4 is 10.5 Å². The van der Waals surface area contributed by atoms with Crippen molar-refractivity contribution in [2.45, 2.75) is 31.2 Å². The number of hydroxylamine groups is 1. The van der Waals surface area contributed by atoms with Crippen molar-refractivity contribution in [3.8, 4) is 22.7 Å². The van der Waals surface area contributed by atoms with Crippen LogP contribution in [0.25, 0.3) is 27.8 Å². The van der Waals surface area contributed by atoms with Crippen molar-refractivity contribution in [2.24, 2.45) is 0 Å². The van der Waals surface area contributed by atoms with Gasteiger partial charge in [-0.25, -0.2) is 18.4 Å². The summed E-state index contributed by atoms with van der Waals surface area (Å²) in [5.41, 5.74) is 8.59. The lowest BCUT2D eigenvalue weighted by Crippen LogP contribution is -2.45. The summed E-state index contributed by atoms with van der Waals surface area (Å²) < 4.78 is 34.6. The maximum Gasteiger partial charge on any atom is 0.314 e. The number of nitrogen functional groups attached to an aromatic ring is 1. The number of aromatic nitrogens is 3. The highest BCUT2D eigenvalue weighted by Crippen LogP contribution is 2.34. The second-order valence-corrected chi connectivity index (χ2v) is 10.4. The average molecular weight is 496 g/mol. The molecule has 0 saturated heterocycles. The zero-order valence-corrected chi connectivity index (χ0v) is 20.5. The first-order valence-corrected chi connectivity index (χ1v) is 12.1. The molecule has 0 aliphatic rings. The largest absolute Gasteiger partial charge is 0.480 e. The lowest BCUT2D eigenvalue weighted by molar-refractivity contribution is -0.165. The molecule has 2 heterocycles. The van der Waals surface area contributed by atoms with Crippen LogP contribution in [0.2, 0.25) is 0 Å². The molecule has 10 nitrogen and oxygen atoms in total. The van der Waals surface area contributed by atoms with Crippen LogP contribution in [0.3, 0.4) is 0 Å². The molecule has 0 aliphatic heterocycles. The predicted molar refractivity (Wildman–Crippen MR) is 131 cm³/mol. The Labute approximate surface area is 202 Å². The molecule has 182 valence electrons. The highest BCUT2D eigenvalue weighted by molar-refractivity contribution is 7.89. The molecule has 2 N–H and O–H groups in total. The van der Waals surface area contributed by atoms with E-state index in [2.05, 4.69) is 9.97 Å². The van der Waals surface area contributed by atoms with E-state index in [1.807, 2.05) is 41.0 Å². The third kappa shape index (κ3) is 4.43. The summed E-state index contributed by atoms with van der Waals surface area (Å²) in [5.74, 6) is 0.198. The summed E-state index contributed by atoms with van der Waals surface area (Å²) in [5, 5.41) is 0. The Morgan fingerprint density at radius 2 is 1.77 bits per heavy atom. The van der Waals surface area contributed by atoms with E-state index in [-0.39, 0.29) is 17.2 Å². The maximum atomic E-state index is 13.5. The fraction of sp³-hybridized carbons (Fsp3) is 0.208. The van der Waals surface area contributed by atoms with Crippen LogP contribution in [-0.4, -0.2) is 46.5 Å². The number of sulfonamides is 1. The Bertz CT molecular complexity index is 1490. The molecule has 2 aromatic heterocycles. The van der Waals surface area contributed by atoms with Gasteiger partial charge in [-0.2, -0.15) is 0 Å². The number of nitrogens with two attached hydrogens (primary N) is 1.